The molecule has 0 aromatic heterocycles. The van der Waals surface area contributed by atoms with Crippen molar-refractivity contribution < 1.29 is 0 Å². The highest BCUT2D eigenvalue weighted by atomic mass is 35.5. The Balaban J connectivity index is 2.38. The van der Waals surface area contributed by atoms with Crippen molar-refractivity contribution in [2.45, 2.75) is 24.1 Å². The third-order valence-electron chi connectivity index (χ3n) is 1.15. The van der Waals surface area contributed by atoms with Crippen LogP contribution in [-0.4, -0.2) is 16.3 Å². The summed E-state index contributed by atoms with van der Waals surface area (Å²) in [4.78, 5) is 3.99. The van der Waals surface area contributed by atoms with Gasteiger partial charge in [0.1, 0.15) is 5.50 Å². The Bertz CT molecular complexity index is 105. The van der Waals surface area contributed by atoms with Crippen LogP contribution in [0.5, 0.6) is 0 Å². The molecular weight excluding hydrogens is 142 g/mol. The molecule has 0 fully saturated rings. The molecule has 0 N–H and O–H groups in total. The standard InChI is InChI=1S/C5H8ClNS/c1-2-4-5(6)7-3-8-4/h3-5H,2H2,1H3. The molecule has 0 saturated carbocycles. The summed E-state index contributed by atoms with van der Waals surface area (Å²) in [6.07, 6.45) is 1.11. The second kappa shape index (κ2) is 2.74. The molecular formula is C5H8ClNS. The van der Waals surface area contributed by atoms with E-state index in [4.69, 9.17) is 11.6 Å². The maximum atomic E-state index is 5.76. The summed E-state index contributed by atoms with van der Waals surface area (Å²) in [5.74, 6) is 0. The fraction of sp³-hybridized carbons (Fsp3) is 0.800. The van der Waals surface area contributed by atoms with Gasteiger partial charge in [0.05, 0.1) is 5.55 Å². The molecule has 0 aromatic rings. The molecule has 1 rings (SSSR count). The highest BCUT2D eigenvalue weighted by Gasteiger charge is 2.19. The van der Waals surface area contributed by atoms with E-state index in [1.165, 1.54) is 0 Å². The lowest BCUT2D eigenvalue weighted by atomic mass is 10.3. The highest BCUT2D eigenvalue weighted by molar-refractivity contribution is 8.13. The van der Waals surface area contributed by atoms with E-state index in [-0.39, 0.29) is 5.50 Å². The molecule has 1 aliphatic rings. The van der Waals surface area contributed by atoms with Crippen LogP contribution in [0.25, 0.3) is 0 Å². The lowest BCUT2D eigenvalue weighted by molar-refractivity contribution is 0.794. The Morgan fingerprint density at radius 3 is 2.88 bits per heavy atom. The van der Waals surface area contributed by atoms with Crippen LogP contribution < -0.4 is 0 Å². The first kappa shape index (κ1) is 6.43. The predicted molar refractivity (Wildman–Crippen MR) is 39.8 cm³/mol. The van der Waals surface area contributed by atoms with E-state index < -0.39 is 0 Å². The first-order valence-electron chi connectivity index (χ1n) is 2.65. The van der Waals surface area contributed by atoms with Gasteiger partial charge in [0.25, 0.3) is 0 Å². The second-order valence-electron chi connectivity index (χ2n) is 1.71. The minimum Gasteiger partial charge on any atom is -0.266 e. The van der Waals surface area contributed by atoms with Crippen LogP contribution in [0.4, 0.5) is 0 Å². The third kappa shape index (κ3) is 1.17. The Morgan fingerprint density at radius 2 is 2.62 bits per heavy atom. The third-order valence-corrected chi connectivity index (χ3v) is 2.90. The van der Waals surface area contributed by atoms with Gasteiger partial charge in [-0.1, -0.05) is 18.5 Å². The maximum absolute atomic E-state index is 5.76. The van der Waals surface area contributed by atoms with E-state index in [0.717, 1.165) is 6.42 Å². The van der Waals surface area contributed by atoms with Crippen molar-refractivity contribution in [2.75, 3.05) is 0 Å². The molecule has 0 amide bonds. The highest BCUT2D eigenvalue weighted by Crippen LogP contribution is 2.26. The van der Waals surface area contributed by atoms with Gasteiger partial charge in [-0.2, -0.15) is 0 Å². The molecule has 46 valence electrons. The SMILES string of the molecule is CCC1SC=NC1Cl. The largest absolute Gasteiger partial charge is 0.266 e. The lowest BCUT2D eigenvalue weighted by Crippen LogP contribution is -2.08. The van der Waals surface area contributed by atoms with Gasteiger partial charge in [0.15, 0.2) is 0 Å². The van der Waals surface area contributed by atoms with Crippen molar-refractivity contribution >= 4 is 28.9 Å². The molecule has 0 saturated heterocycles. The molecule has 1 heterocycles. The summed E-state index contributed by atoms with van der Waals surface area (Å²) in [6.45, 7) is 2.13. The minimum absolute atomic E-state index is 0.0324. The van der Waals surface area contributed by atoms with E-state index in [9.17, 15) is 0 Å². The van der Waals surface area contributed by atoms with E-state index in [1.54, 1.807) is 11.8 Å². The molecule has 2 atom stereocenters. The normalized spacial score (nSPS) is 36.2. The zero-order valence-electron chi connectivity index (χ0n) is 4.67. The quantitative estimate of drug-likeness (QED) is 0.411. The van der Waals surface area contributed by atoms with Crippen LogP contribution >= 0.6 is 23.4 Å². The molecule has 0 spiro atoms. The van der Waals surface area contributed by atoms with E-state index in [2.05, 4.69) is 11.9 Å². The molecule has 1 nitrogen and oxygen atoms in total. The molecule has 0 aromatic carbocycles. The van der Waals surface area contributed by atoms with Crippen molar-refractivity contribution in [3.8, 4) is 0 Å². The van der Waals surface area contributed by atoms with E-state index in [1.807, 2.05) is 5.55 Å². The molecule has 8 heavy (non-hydrogen) atoms. The Labute approximate surface area is 58.5 Å². The van der Waals surface area contributed by atoms with Gasteiger partial charge < -0.3 is 0 Å². The van der Waals surface area contributed by atoms with Crippen LogP contribution in [0.1, 0.15) is 13.3 Å². The number of nitrogens with zero attached hydrogens (tertiary/aromatic N) is 1. The number of halogens is 1. The van der Waals surface area contributed by atoms with Crippen molar-refractivity contribution in [2.24, 2.45) is 4.99 Å². The zero-order chi connectivity index (χ0) is 5.98. The molecule has 3 heteroatoms. The monoisotopic (exact) mass is 149 g/mol. The van der Waals surface area contributed by atoms with Gasteiger partial charge in [0.2, 0.25) is 0 Å². The number of hydrogen-bond donors (Lipinski definition) is 0. The lowest BCUT2D eigenvalue weighted by Gasteiger charge is -2.05. The molecule has 1 aliphatic heterocycles. The molecule has 0 radical (unpaired) electrons. The number of hydrogen-bond acceptors (Lipinski definition) is 2. The average Bonchev–Trinajstić information content (AvgIpc) is 2.14. The first-order valence-corrected chi connectivity index (χ1v) is 4.03. The smallest absolute Gasteiger partial charge is 0.136 e. The summed E-state index contributed by atoms with van der Waals surface area (Å²) in [6, 6.07) is 0. The number of alkyl halides is 1. The summed E-state index contributed by atoms with van der Waals surface area (Å²) < 4.78 is 0. The van der Waals surface area contributed by atoms with Crippen molar-refractivity contribution in [3.05, 3.63) is 0 Å². The van der Waals surface area contributed by atoms with Crippen LogP contribution in [-0.2, 0) is 0 Å². The fourth-order valence-corrected chi connectivity index (χ4v) is 1.85. The maximum Gasteiger partial charge on any atom is 0.136 e. The molecule has 2 unspecified atom stereocenters. The summed E-state index contributed by atoms with van der Waals surface area (Å²) in [5.41, 5.74) is 1.87. The summed E-state index contributed by atoms with van der Waals surface area (Å²) >= 11 is 7.49. The average molecular weight is 150 g/mol. The first-order chi connectivity index (χ1) is 3.84. The Kier molecular flexibility index (Phi) is 2.20. The second-order valence-corrected chi connectivity index (χ2v) is 3.25. The van der Waals surface area contributed by atoms with Crippen LogP contribution in [0.2, 0.25) is 0 Å². The van der Waals surface area contributed by atoms with E-state index >= 15 is 0 Å². The van der Waals surface area contributed by atoms with Gasteiger partial charge in [-0.05, 0) is 6.42 Å². The predicted octanol–water partition coefficient (Wildman–Crippen LogP) is 2.10. The minimum atomic E-state index is 0.0324. The van der Waals surface area contributed by atoms with Crippen molar-refractivity contribution in [1.82, 2.24) is 0 Å². The van der Waals surface area contributed by atoms with Gasteiger partial charge in [-0.15, -0.1) is 11.8 Å². The number of thioether (sulfide) groups is 1. The van der Waals surface area contributed by atoms with Gasteiger partial charge in [0, 0.05) is 5.25 Å². The Hall–Kier alpha value is 0.310. The van der Waals surface area contributed by atoms with E-state index in [0.29, 0.717) is 5.25 Å². The zero-order valence-corrected chi connectivity index (χ0v) is 6.25. The van der Waals surface area contributed by atoms with Crippen LogP contribution in [0.3, 0.4) is 0 Å². The van der Waals surface area contributed by atoms with Crippen molar-refractivity contribution in [1.29, 1.82) is 0 Å². The molecule has 0 aliphatic carbocycles. The topological polar surface area (TPSA) is 12.4 Å². The van der Waals surface area contributed by atoms with Gasteiger partial charge >= 0.3 is 0 Å². The van der Waals surface area contributed by atoms with Crippen LogP contribution in [0.15, 0.2) is 4.99 Å². The number of aliphatic imine (C=N–C) groups is 1. The summed E-state index contributed by atoms with van der Waals surface area (Å²) in [7, 11) is 0. The van der Waals surface area contributed by atoms with Crippen LogP contribution in [0, 0.1) is 0 Å². The van der Waals surface area contributed by atoms with Crippen molar-refractivity contribution in [3.63, 3.8) is 0 Å². The summed E-state index contributed by atoms with van der Waals surface area (Å²) in [5, 5.41) is 0.525. The van der Waals surface area contributed by atoms with Gasteiger partial charge in [-0.3, -0.25) is 4.99 Å². The number of rotatable bonds is 1. The Morgan fingerprint density at radius 1 is 1.88 bits per heavy atom. The molecule has 0 bridgehead atoms. The van der Waals surface area contributed by atoms with Gasteiger partial charge in [-0.25, -0.2) is 0 Å². The fourth-order valence-electron chi connectivity index (χ4n) is 0.623.